The lowest BCUT2D eigenvalue weighted by Gasteiger charge is -2.32. The highest BCUT2D eigenvalue weighted by molar-refractivity contribution is 7.99. The lowest BCUT2D eigenvalue weighted by Crippen LogP contribution is -2.50. The largest absolute Gasteiger partial charge is 0.352 e. The van der Waals surface area contributed by atoms with Crippen LogP contribution in [0.4, 0.5) is 0 Å². The number of piperidine rings is 1. The number of rotatable bonds is 3. The number of amides is 2. The van der Waals surface area contributed by atoms with E-state index in [1.807, 2.05) is 11.8 Å². The van der Waals surface area contributed by atoms with Gasteiger partial charge in [-0.2, -0.15) is 0 Å². The summed E-state index contributed by atoms with van der Waals surface area (Å²) in [6, 6.07) is 0.191. The smallest absolute Gasteiger partial charge is 0.238 e. The molecule has 5 nitrogen and oxygen atoms in total. The lowest BCUT2D eigenvalue weighted by atomic mass is 10.0. The molecular weight excluding hydrogens is 250 g/mol. The molecule has 2 rings (SSSR count). The monoisotopic (exact) mass is 271 g/mol. The Morgan fingerprint density at radius 3 is 2.67 bits per heavy atom. The minimum absolute atomic E-state index is 0.0368. The molecule has 1 unspecified atom stereocenters. The van der Waals surface area contributed by atoms with E-state index >= 15 is 0 Å². The third-order valence-electron chi connectivity index (χ3n) is 3.53. The van der Waals surface area contributed by atoms with E-state index in [2.05, 4.69) is 10.6 Å². The number of hydrogen-bond acceptors (Lipinski definition) is 4. The fourth-order valence-electron chi connectivity index (χ4n) is 2.36. The Kier molecular flexibility index (Phi) is 4.88. The highest BCUT2D eigenvalue weighted by Crippen LogP contribution is 2.13. The second-order valence-electron chi connectivity index (χ2n) is 4.79. The molecule has 2 aliphatic heterocycles. The Morgan fingerprint density at radius 2 is 2.11 bits per heavy atom. The van der Waals surface area contributed by atoms with Gasteiger partial charge in [0.25, 0.3) is 0 Å². The Balaban J connectivity index is 1.73. The van der Waals surface area contributed by atoms with Gasteiger partial charge in [0.2, 0.25) is 11.8 Å². The summed E-state index contributed by atoms with van der Waals surface area (Å²) in [5.74, 6) is 2.05. The highest BCUT2D eigenvalue weighted by Gasteiger charge is 2.27. The molecule has 1 atom stereocenters. The number of thioether (sulfide) groups is 1. The normalized spacial score (nSPS) is 25.2. The van der Waals surface area contributed by atoms with E-state index in [0.717, 1.165) is 37.6 Å². The molecular formula is C12H21N3O2S. The van der Waals surface area contributed by atoms with E-state index in [0.29, 0.717) is 6.42 Å². The molecule has 6 heteroatoms. The Labute approximate surface area is 112 Å². The van der Waals surface area contributed by atoms with Gasteiger partial charge in [-0.05, 0) is 12.8 Å². The number of carbonyl (C=O) groups excluding carboxylic acids is 2. The van der Waals surface area contributed by atoms with Crippen molar-refractivity contribution >= 4 is 23.6 Å². The zero-order chi connectivity index (χ0) is 13.0. The molecule has 2 N–H and O–H groups in total. The van der Waals surface area contributed by atoms with Gasteiger partial charge < -0.3 is 10.2 Å². The number of hydrogen-bond donors (Lipinski definition) is 2. The number of likely N-dealkylation sites (tertiary alicyclic amines) is 1. The molecule has 0 saturated carbocycles. The van der Waals surface area contributed by atoms with E-state index < -0.39 is 0 Å². The van der Waals surface area contributed by atoms with Gasteiger partial charge >= 0.3 is 0 Å². The predicted octanol–water partition coefficient (Wildman–Crippen LogP) is 0.166. The fraction of sp³-hybridized carbons (Fsp3) is 0.833. The number of nitrogens with zero attached hydrogens (tertiary/aromatic N) is 1. The first-order chi connectivity index (χ1) is 8.70. The third kappa shape index (κ3) is 3.38. The van der Waals surface area contributed by atoms with Crippen LogP contribution in [0.25, 0.3) is 0 Å². The van der Waals surface area contributed by atoms with Crippen molar-refractivity contribution in [2.24, 2.45) is 0 Å². The van der Waals surface area contributed by atoms with Crippen LogP contribution in [0.15, 0.2) is 0 Å². The van der Waals surface area contributed by atoms with Crippen molar-refractivity contribution in [3.8, 4) is 0 Å². The first kappa shape index (κ1) is 13.7. The molecule has 0 spiro atoms. The van der Waals surface area contributed by atoms with Crippen molar-refractivity contribution in [3.05, 3.63) is 0 Å². The molecule has 2 heterocycles. The minimum Gasteiger partial charge on any atom is -0.352 e. The van der Waals surface area contributed by atoms with Crippen LogP contribution in [0.3, 0.4) is 0 Å². The van der Waals surface area contributed by atoms with Crippen molar-refractivity contribution in [2.75, 3.05) is 24.7 Å². The van der Waals surface area contributed by atoms with E-state index in [-0.39, 0.29) is 23.9 Å². The maximum atomic E-state index is 11.9. The molecule has 2 fully saturated rings. The second kappa shape index (κ2) is 6.43. The van der Waals surface area contributed by atoms with Crippen LogP contribution in [0.2, 0.25) is 0 Å². The van der Waals surface area contributed by atoms with Crippen molar-refractivity contribution < 1.29 is 9.59 Å². The van der Waals surface area contributed by atoms with Gasteiger partial charge in [0.05, 0.1) is 6.04 Å². The Hall–Kier alpha value is -0.750. The molecule has 0 bridgehead atoms. The zero-order valence-corrected chi connectivity index (χ0v) is 11.6. The standard InChI is InChI=1S/C12H21N3O2S/c1-2-11(16)15-5-3-9(4-6-15)14-12(17)10-7-18-8-13-10/h9-10,13H,2-8H2,1H3,(H,14,17). The van der Waals surface area contributed by atoms with Crippen LogP contribution in [0, 0.1) is 0 Å². The predicted molar refractivity (Wildman–Crippen MR) is 72.3 cm³/mol. The van der Waals surface area contributed by atoms with Gasteiger partial charge in [0.1, 0.15) is 0 Å². The summed E-state index contributed by atoms with van der Waals surface area (Å²) in [4.78, 5) is 25.3. The molecule has 2 aliphatic rings. The average Bonchev–Trinajstić information content (AvgIpc) is 2.92. The van der Waals surface area contributed by atoms with Crippen LogP contribution < -0.4 is 10.6 Å². The van der Waals surface area contributed by atoms with Crippen LogP contribution >= 0.6 is 11.8 Å². The highest BCUT2D eigenvalue weighted by atomic mass is 32.2. The fourth-order valence-corrected chi connectivity index (χ4v) is 3.30. The second-order valence-corrected chi connectivity index (χ2v) is 5.82. The van der Waals surface area contributed by atoms with Gasteiger partial charge in [-0.3, -0.25) is 14.9 Å². The van der Waals surface area contributed by atoms with Gasteiger partial charge in [0, 0.05) is 37.2 Å². The molecule has 102 valence electrons. The maximum Gasteiger partial charge on any atom is 0.238 e. The minimum atomic E-state index is -0.0368. The van der Waals surface area contributed by atoms with E-state index in [1.54, 1.807) is 11.8 Å². The summed E-state index contributed by atoms with van der Waals surface area (Å²) in [5, 5.41) is 6.25. The maximum absolute atomic E-state index is 11.9. The first-order valence-corrected chi connectivity index (χ1v) is 7.75. The summed E-state index contributed by atoms with van der Waals surface area (Å²) in [6.07, 6.45) is 2.31. The van der Waals surface area contributed by atoms with Gasteiger partial charge in [-0.1, -0.05) is 6.92 Å². The summed E-state index contributed by atoms with van der Waals surface area (Å²) >= 11 is 1.75. The van der Waals surface area contributed by atoms with Gasteiger partial charge in [0.15, 0.2) is 0 Å². The first-order valence-electron chi connectivity index (χ1n) is 6.60. The van der Waals surface area contributed by atoms with E-state index in [4.69, 9.17) is 0 Å². The average molecular weight is 271 g/mol. The molecule has 0 aromatic carbocycles. The van der Waals surface area contributed by atoms with E-state index in [9.17, 15) is 9.59 Å². The third-order valence-corrected chi connectivity index (χ3v) is 4.47. The molecule has 2 saturated heterocycles. The number of nitrogens with one attached hydrogen (secondary N) is 2. The van der Waals surface area contributed by atoms with Crippen molar-refractivity contribution in [2.45, 2.75) is 38.3 Å². The van der Waals surface area contributed by atoms with Crippen LogP contribution in [0.1, 0.15) is 26.2 Å². The lowest BCUT2D eigenvalue weighted by molar-refractivity contribution is -0.132. The zero-order valence-electron chi connectivity index (χ0n) is 10.8. The van der Waals surface area contributed by atoms with Crippen molar-refractivity contribution in [1.82, 2.24) is 15.5 Å². The molecule has 0 aromatic heterocycles. The van der Waals surface area contributed by atoms with E-state index in [1.165, 1.54) is 0 Å². The summed E-state index contributed by atoms with van der Waals surface area (Å²) < 4.78 is 0. The summed E-state index contributed by atoms with van der Waals surface area (Å²) in [6.45, 7) is 3.43. The Bertz CT molecular complexity index is 310. The summed E-state index contributed by atoms with van der Waals surface area (Å²) in [7, 11) is 0. The quantitative estimate of drug-likeness (QED) is 0.768. The summed E-state index contributed by atoms with van der Waals surface area (Å²) in [5.41, 5.74) is 0. The molecule has 18 heavy (non-hydrogen) atoms. The van der Waals surface area contributed by atoms with Crippen LogP contribution in [0.5, 0.6) is 0 Å². The molecule has 2 amide bonds. The van der Waals surface area contributed by atoms with Gasteiger partial charge in [-0.15, -0.1) is 11.8 Å². The molecule has 0 aromatic rings. The van der Waals surface area contributed by atoms with Gasteiger partial charge in [-0.25, -0.2) is 0 Å². The number of carbonyl (C=O) groups is 2. The Morgan fingerprint density at radius 1 is 1.39 bits per heavy atom. The van der Waals surface area contributed by atoms with Crippen molar-refractivity contribution in [1.29, 1.82) is 0 Å². The molecule has 0 radical (unpaired) electrons. The molecule has 0 aliphatic carbocycles. The van der Waals surface area contributed by atoms with Crippen molar-refractivity contribution in [3.63, 3.8) is 0 Å². The van der Waals surface area contributed by atoms with Crippen LogP contribution in [-0.4, -0.2) is 53.5 Å². The van der Waals surface area contributed by atoms with Crippen LogP contribution in [-0.2, 0) is 9.59 Å². The topological polar surface area (TPSA) is 61.4 Å². The SMILES string of the molecule is CCC(=O)N1CCC(NC(=O)C2CSCN2)CC1.